The van der Waals surface area contributed by atoms with Crippen LogP contribution in [0.4, 0.5) is 0 Å². The highest BCUT2D eigenvalue weighted by Crippen LogP contribution is 2.15. The molecule has 0 spiro atoms. The van der Waals surface area contributed by atoms with E-state index >= 15 is 0 Å². The maximum absolute atomic E-state index is 4.83. The largest absolute Gasteiger partial charge is 0.234 e. The van der Waals surface area contributed by atoms with Gasteiger partial charge in [-0.3, -0.25) is 0 Å². The third-order valence-electron chi connectivity index (χ3n) is 1.49. The molecule has 0 aliphatic carbocycles. The molecule has 2 fully saturated rings. The molecule has 2 unspecified atom stereocenters. The highest BCUT2D eigenvalue weighted by Gasteiger charge is 2.24. The molecular weight excluding hydrogens is 168 g/mol. The molecule has 6 nitrogen and oxygen atoms in total. The van der Waals surface area contributed by atoms with Crippen LogP contribution < -0.4 is 0 Å². The maximum Gasteiger partial charge on any atom is 0.226 e. The van der Waals surface area contributed by atoms with E-state index in [1.54, 1.807) is 0 Å². The molecule has 2 rings (SSSR count). The van der Waals surface area contributed by atoms with Crippen LogP contribution in [-0.4, -0.2) is 25.8 Å². The fourth-order valence-corrected chi connectivity index (χ4v) is 0.885. The predicted molar refractivity (Wildman–Crippen MR) is 33.1 cm³/mol. The fraction of sp³-hybridized carbons (Fsp3) is 1.00. The van der Waals surface area contributed by atoms with Gasteiger partial charge in [-0.1, -0.05) is 0 Å². The van der Waals surface area contributed by atoms with Crippen LogP contribution in [-0.2, 0) is 29.3 Å². The van der Waals surface area contributed by atoms with E-state index < -0.39 is 12.6 Å². The summed E-state index contributed by atoms with van der Waals surface area (Å²) in [5.41, 5.74) is 0. The van der Waals surface area contributed by atoms with E-state index in [9.17, 15) is 0 Å². The van der Waals surface area contributed by atoms with Crippen molar-refractivity contribution in [1.29, 1.82) is 0 Å². The number of hydrogen-bond acceptors (Lipinski definition) is 6. The first-order valence-electron chi connectivity index (χ1n) is 3.84. The molecule has 2 atom stereocenters. The lowest BCUT2D eigenvalue weighted by atomic mass is 10.5. The van der Waals surface area contributed by atoms with Gasteiger partial charge in [0.25, 0.3) is 0 Å². The van der Waals surface area contributed by atoms with Crippen LogP contribution in [0.1, 0.15) is 12.8 Å². The topological polar surface area (TPSA) is 55.4 Å². The first-order chi connectivity index (χ1) is 5.95. The maximum atomic E-state index is 4.83. The second-order valence-corrected chi connectivity index (χ2v) is 2.47. The third-order valence-corrected chi connectivity index (χ3v) is 1.49. The van der Waals surface area contributed by atoms with E-state index in [1.165, 1.54) is 0 Å². The summed E-state index contributed by atoms with van der Waals surface area (Å²) in [6.07, 6.45) is 0.421. The van der Waals surface area contributed by atoms with Gasteiger partial charge in [0.05, 0.1) is 13.2 Å². The van der Waals surface area contributed by atoms with Crippen molar-refractivity contribution >= 4 is 0 Å². The molecule has 0 saturated carbocycles. The molecule has 2 saturated heterocycles. The van der Waals surface area contributed by atoms with Crippen molar-refractivity contribution in [1.82, 2.24) is 0 Å². The Morgan fingerprint density at radius 3 is 1.67 bits per heavy atom. The molecule has 6 heteroatoms. The van der Waals surface area contributed by atoms with Crippen molar-refractivity contribution < 1.29 is 29.3 Å². The van der Waals surface area contributed by atoms with E-state index in [4.69, 9.17) is 9.78 Å². The molecule has 70 valence electrons. The summed E-state index contributed by atoms with van der Waals surface area (Å²) in [7, 11) is 0. The third kappa shape index (κ3) is 2.13. The highest BCUT2D eigenvalue weighted by atomic mass is 17.3. The van der Waals surface area contributed by atoms with Gasteiger partial charge in [-0.15, -0.1) is 0 Å². The minimum Gasteiger partial charge on any atom is -0.234 e. The average molecular weight is 178 g/mol. The molecule has 0 bridgehead atoms. The zero-order chi connectivity index (χ0) is 8.23. The number of hydrogen-bond donors (Lipinski definition) is 0. The van der Waals surface area contributed by atoms with E-state index in [0.29, 0.717) is 26.1 Å². The van der Waals surface area contributed by atoms with Crippen molar-refractivity contribution in [3.63, 3.8) is 0 Å². The van der Waals surface area contributed by atoms with Crippen LogP contribution in [0.2, 0.25) is 0 Å². The molecule has 0 radical (unpaired) electrons. The molecule has 2 aliphatic heterocycles. The molecule has 0 aromatic heterocycles. The Balaban J connectivity index is 1.60. The van der Waals surface area contributed by atoms with Crippen molar-refractivity contribution in [3.8, 4) is 0 Å². The van der Waals surface area contributed by atoms with Crippen LogP contribution in [0.5, 0.6) is 0 Å². The Morgan fingerprint density at radius 1 is 0.833 bits per heavy atom. The summed E-state index contributed by atoms with van der Waals surface area (Å²) in [4.78, 5) is 28.2. The fourth-order valence-electron chi connectivity index (χ4n) is 0.885. The van der Waals surface area contributed by atoms with Crippen LogP contribution >= 0.6 is 0 Å². The van der Waals surface area contributed by atoms with E-state index in [-0.39, 0.29) is 0 Å². The van der Waals surface area contributed by atoms with Gasteiger partial charge < -0.3 is 0 Å². The van der Waals surface area contributed by atoms with Gasteiger partial charge in [-0.25, -0.2) is 19.6 Å². The van der Waals surface area contributed by atoms with Gasteiger partial charge in [0.2, 0.25) is 12.6 Å². The Labute approximate surface area is 69.0 Å². The Morgan fingerprint density at radius 2 is 1.33 bits per heavy atom. The Bertz CT molecular complexity index is 112. The lowest BCUT2D eigenvalue weighted by Crippen LogP contribution is -2.17. The zero-order valence-electron chi connectivity index (χ0n) is 6.43. The van der Waals surface area contributed by atoms with Crippen LogP contribution in [0.15, 0.2) is 0 Å². The predicted octanol–water partition coefficient (Wildman–Crippen LogP) is 0.291. The van der Waals surface area contributed by atoms with Crippen molar-refractivity contribution in [2.24, 2.45) is 0 Å². The lowest BCUT2D eigenvalue weighted by molar-refractivity contribution is -0.486. The van der Waals surface area contributed by atoms with Crippen molar-refractivity contribution in [2.45, 2.75) is 25.4 Å². The normalized spacial score (nSPS) is 36.0. The molecule has 0 N–H and O–H groups in total. The molecule has 0 aromatic carbocycles. The van der Waals surface area contributed by atoms with Gasteiger partial charge >= 0.3 is 0 Å². The zero-order valence-corrected chi connectivity index (χ0v) is 6.43. The Kier molecular flexibility index (Phi) is 2.88. The quantitative estimate of drug-likeness (QED) is 0.457. The standard InChI is InChI=1S/C6H10O6/c1-3-7-9-5(1)11-12-6-2-4-8-10-6/h5-6H,1-4H2. The summed E-state index contributed by atoms with van der Waals surface area (Å²) in [6.45, 7) is 1.05. The van der Waals surface area contributed by atoms with Crippen molar-refractivity contribution in [3.05, 3.63) is 0 Å². The molecular formula is C6H10O6. The summed E-state index contributed by atoms with van der Waals surface area (Å²) in [6, 6.07) is 0. The lowest BCUT2D eigenvalue weighted by Gasteiger charge is -2.10. The monoisotopic (exact) mass is 178 g/mol. The average Bonchev–Trinajstić information content (AvgIpc) is 2.74. The van der Waals surface area contributed by atoms with Crippen LogP contribution in [0, 0.1) is 0 Å². The van der Waals surface area contributed by atoms with Crippen molar-refractivity contribution in [2.75, 3.05) is 13.2 Å². The van der Waals surface area contributed by atoms with Gasteiger partial charge in [-0.2, -0.15) is 9.78 Å². The smallest absolute Gasteiger partial charge is 0.226 e. The first-order valence-corrected chi connectivity index (χ1v) is 3.84. The van der Waals surface area contributed by atoms with Crippen LogP contribution in [0.3, 0.4) is 0 Å². The summed E-state index contributed by atoms with van der Waals surface area (Å²) >= 11 is 0. The van der Waals surface area contributed by atoms with Gasteiger partial charge in [0, 0.05) is 12.8 Å². The summed E-state index contributed by atoms with van der Waals surface area (Å²) in [5.74, 6) is 0. The van der Waals surface area contributed by atoms with Gasteiger partial charge in [0.1, 0.15) is 0 Å². The molecule has 0 amide bonds. The van der Waals surface area contributed by atoms with Gasteiger partial charge in [0.15, 0.2) is 0 Å². The highest BCUT2D eigenvalue weighted by molar-refractivity contribution is 4.45. The molecule has 2 heterocycles. The minimum atomic E-state index is -0.450. The van der Waals surface area contributed by atoms with E-state index in [2.05, 4.69) is 19.6 Å². The second kappa shape index (κ2) is 4.13. The van der Waals surface area contributed by atoms with E-state index in [1.807, 2.05) is 0 Å². The molecule has 2 aliphatic rings. The minimum absolute atomic E-state index is 0.450. The molecule has 0 aromatic rings. The van der Waals surface area contributed by atoms with Crippen LogP contribution in [0.25, 0.3) is 0 Å². The Hall–Kier alpha value is -0.240. The number of rotatable bonds is 3. The second-order valence-electron chi connectivity index (χ2n) is 2.47. The SMILES string of the molecule is C1CC(OOC2CCOO2)OO1. The molecule has 12 heavy (non-hydrogen) atoms. The first kappa shape index (κ1) is 8.36. The summed E-state index contributed by atoms with van der Waals surface area (Å²) < 4.78 is 0. The van der Waals surface area contributed by atoms with Gasteiger partial charge in [-0.05, 0) is 0 Å². The van der Waals surface area contributed by atoms with E-state index in [0.717, 1.165) is 0 Å². The summed E-state index contributed by atoms with van der Waals surface area (Å²) in [5, 5.41) is 0.